The van der Waals surface area contributed by atoms with Crippen LogP contribution >= 0.6 is 22.9 Å². The van der Waals surface area contributed by atoms with Gasteiger partial charge in [0.25, 0.3) is 5.91 Å². The zero-order valence-corrected chi connectivity index (χ0v) is 22.1. The van der Waals surface area contributed by atoms with E-state index < -0.39 is 5.41 Å². The summed E-state index contributed by atoms with van der Waals surface area (Å²) in [4.78, 5) is 34.9. The molecule has 0 aliphatic carbocycles. The van der Waals surface area contributed by atoms with Gasteiger partial charge in [0.2, 0.25) is 5.69 Å². The lowest BCUT2D eigenvalue weighted by Crippen LogP contribution is -2.50. The fourth-order valence-electron chi connectivity index (χ4n) is 4.60. The first-order valence-corrected chi connectivity index (χ1v) is 13.3. The van der Waals surface area contributed by atoms with Crippen LogP contribution in [0.4, 0.5) is 10.5 Å². The maximum Gasteiger partial charge on any atom is 0.320 e. The highest BCUT2D eigenvalue weighted by atomic mass is 35.5. The fraction of sp³-hybridized carbons (Fsp3) is 0.600. The number of likely N-dealkylation sites (tertiary alicyclic amines) is 1. The number of carbonyl (C=O) groups is 2. The Labute approximate surface area is 215 Å². The van der Waals surface area contributed by atoms with E-state index >= 15 is 0 Å². The molecule has 2 aromatic rings. The summed E-state index contributed by atoms with van der Waals surface area (Å²) < 4.78 is 7.56. The highest BCUT2D eigenvalue weighted by Crippen LogP contribution is 2.38. The van der Waals surface area contributed by atoms with Crippen LogP contribution in [0.2, 0.25) is 4.34 Å². The molecule has 2 saturated heterocycles. The number of aryl methyl sites for hydroxylation is 1. The van der Waals surface area contributed by atoms with Gasteiger partial charge < -0.3 is 14.5 Å². The maximum atomic E-state index is 13.3. The molecule has 0 spiro atoms. The number of rotatable bonds is 4. The van der Waals surface area contributed by atoms with E-state index in [0.717, 1.165) is 22.1 Å². The van der Waals surface area contributed by atoms with Crippen molar-refractivity contribution in [3.05, 3.63) is 44.2 Å². The van der Waals surface area contributed by atoms with Crippen molar-refractivity contribution < 1.29 is 14.3 Å². The normalized spacial score (nSPS) is 17.5. The number of hydrogen-bond donors (Lipinski definition) is 0. The van der Waals surface area contributed by atoms with Crippen LogP contribution in [0.5, 0.6) is 0 Å². The van der Waals surface area contributed by atoms with Crippen molar-refractivity contribution >= 4 is 40.6 Å². The molecule has 2 amide bonds. The molecule has 0 unspecified atom stereocenters. The first-order chi connectivity index (χ1) is 16.7. The van der Waals surface area contributed by atoms with Gasteiger partial charge in [-0.2, -0.15) is 5.10 Å². The SMILES string of the molecule is [C-]#[N+]c1c(C2CCN(C(=O)N3CCOCC3)CC2)nn(C(=O)C(C)(C)C)c1CCc1ccc(Cl)s1. The van der Waals surface area contributed by atoms with E-state index in [1.165, 1.54) is 16.0 Å². The van der Waals surface area contributed by atoms with E-state index in [-0.39, 0.29) is 17.9 Å². The van der Waals surface area contributed by atoms with Crippen LogP contribution in [0.15, 0.2) is 12.1 Å². The summed E-state index contributed by atoms with van der Waals surface area (Å²) in [6.45, 7) is 17.2. The number of thiophene rings is 1. The van der Waals surface area contributed by atoms with Gasteiger partial charge in [0.1, 0.15) is 0 Å². The van der Waals surface area contributed by atoms with Crippen LogP contribution in [0, 0.1) is 12.0 Å². The number of morpholine rings is 1. The first-order valence-electron chi connectivity index (χ1n) is 12.1. The van der Waals surface area contributed by atoms with E-state index in [9.17, 15) is 9.59 Å². The minimum absolute atomic E-state index is 0.0387. The third kappa shape index (κ3) is 5.71. The van der Waals surface area contributed by atoms with Crippen LogP contribution in [0.1, 0.15) is 60.6 Å². The van der Waals surface area contributed by atoms with Crippen LogP contribution in [0.3, 0.4) is 0 Å². The van der Waals surface area contributed by atoms with Gasteiger partial charge in [-0.15, -0.1) is 11.3 Å². The van der Waals surface area contributed by atoms with E-state index in [2.05, 4.69) is 4.85 Å². The number of nitrogens with zero attached hydrogens (tertiary/aromatic N) is 5. The number of amides is 2. The summed E-state index contributed by atoms with van der Waals surface area (Å²) in [5, 5.41) is 4.75. The molecule has 0 radical (unpaired) electrons. The van der Waals surface area contributed by atoms with Crippen molar-refractivity contribution in [1.82, 2.24) is 19.6 Å². The molecular formula is C25H32ClN5O3S. The largest absolute Gasteiger partial charge is 0.378 e. The van der Waals surface area contributed by atoms with Gasteiger partial charge in [-0.25, -0.2) is 14.3 Å². The third-order valence-corrected chi connectivity index (χ3v) is 7.89. The molecule has 2 aliphatic rings. The standard InChI is InChI=1S/C25H32ClN5O3S/c1-25(2,3)23(32)31-19(7-5-18-6-8-20(26)35-18)22(27-4)21(28-31)17-9-11-29(12-10-17)24(33)30-13-15-34-16-14-30/h6,8,17H,5,7,9-16H2,1-3H3. The lowest BCUT2D eigenvalue weighted by Gasteiger charge is -2.36. The van der Waals surface area contributed by atoms with E-state index in [4.69, 9.17) is 28.0 Å². The molecule has 4 rings (SSSR count). The number of piperidine rings is 1. The van der Waals surface area contributed by atoms with Gasteiger partial charge in [-0.05, 0) is 43.7 Å². The zero-order valence-electron chi connectivity index (χ0n) is 20.6. The van der Waals surface area contributed by atoms with Crippen molar-refractivity contribution in [2.45, 2.75) is 52.4 Å². The topological polar surface area (TPSA) is 72.0 Å². The van der Waals surface area contributed by atoms with Crippen molar-refractivity contribution in [2.75, 3.05) is 39.4 Å². The van der Waals surface area contributed by atoms with Crippen molar-refractivity contribution in [3.8, 4) is 0 Å². The number of aromatic nitrogens is 2. The zero-order chi connectivity index (χ0) is 25.2. The molecule has 0 aromatic carbocycles. The van der Waals surface area contributed by atoms with Gasteiger partial charge >= 0.3 is 6.03 Å². The van der Waals surface area contributed by atoms with Gasteiger partial charge in [0.05, 0.1) is 35.5 Å². The molecule has 35 heavy (non-hydrogen) atoms. The highest BCUT2D eigenvalue weighted by molar-refractivity contribution is 7.16. The average Bonchev–Trinajstić information content (AvgIpc) is 3.44. The van der Waals surface area contributed by atoms with E-state index in [1.54, 1.807) is 0 Å². The van der Waals surface area contributed by atoms with Crippen LogP contribution < -0.4 is 0 Å². The second kappa shape index (κ2) is 10.7. The Hall–Kier alpha value is -2.41. The second-order valence-electron chi connectivity index (χ2n) is 10.1. The molecule has 2 aromatic heterocycles. The highest BCUT2D eigenvalue weighted by Gasteiger charge is 2.34. The Balaban J connectivity index is 1.55. The molecule has 0 saturated carbocycles. The van der Waals surface area contributed by atoms with Crippen LogP contribution in [-0.4, -0.2) is 70.9 Å². The quantitative estimate of drug-likeness (QED) is 0.519. The molecule has 2 fully saturated rings. The van der Waals surface area contributed by atoms with Crippen molar-refractivity contribution in [2.24, 2.45) is 5.41 Å². The van der Waals surface area contributed by atoms with E-state index in [1.807, 2.05) is 42.7 Å². The maximum absolute atomic E-state index is 13.3. The minimum Gasteiger partial charge on any atom is -0.378 e. The lowest BCUT2D eigenvalue weighted by molar-refractivity contribution is 0.0411. The number of halogens is 1. The number of carbonyl (C=O) groups excluding carboxylic acids is 2. The molecule has 10 heteroatoms. The monoisotopic (exact) mass is 517 g/mol. The summed E-state index contributed by atoms with van der Waals surface area (Å²) >= 11 is 7.61. The molecule has 0 N–H and O–H groups in total. The summed E-state index contributed by atoms with van der Waals surface area (Å²) in [7, 11) is 0. The number of ether oxygens (including phenoxy) is 1. The van der Waals surface area contributed by atoms with Crippen molar-refractivity contribution in [3.63, 3.8) is 0 Å². The smallest absolute Gasteiger partial charge is 0.320 e. The summed E-state index contributed by atoms with van der Waals surface area (Å²) in [6.07, 6.45) is 2.67. The molecule has 4 heterocycles. The van der Waals surface area contributed by atoms with Gasteiger partial charge in [-0.1, -0.05) is 32.4 Å². The molecule has 0 atom stereocenters. The predicted molar refractivity (Wildman–Crippen MR) is 137 cm³/mol. The summed E-state index contributed by atoms with van der Waals surface area (Å²) in [6, 6.07) is 3.91. The summed E-state index contributed by atoms with van der Waals surface area (Å²) in [5.41, 5.74) is 1.22. The third-order valence-electron chi connectivity index (χ3n) is 6.60. The predicted octanol–water partition coefficient (Wildman–Crippen LogP) is 5.25. The Morgan fingerprint density at radius 3 is 2.37 bits per heavy atom. The Kier molecular flexibility index (Phi) is 7.84. The number of urea groups is 1. The summed E-state index contributed by atoms with van der Waals surface area (Å²) in [5.74, 6) is -0.0791. The Morgan fingerprint density at radius 1 is 1.14 bits per heavy atom. The molecular weight excluding hydrogens is 486 g/mol. The molecule has 0 bridgehead atoms. The molecule has 8 nitrogen and oxygen atoms in total. The molecule has 188 valence electrons. The van der Waals surface area contributed by atoms with Crippen LogP contribution in [-0.2, 0) is 17.6 Å². The first kappa shape index (κ1) is 25.7. The Morgan fingerprint density at radius 2 is 1.80 bits per heavy atom. The number of hydrogen-bond acceptors (Lipinski definition) is 5. The average molecular weight is 518 g/mol. The fourth-order valence-corrected chi connectivity index (χ4v) is 5.68. The lowest BCUT2D eigenvalue weighted by atomic mass is 9.92. The second-order valence-corrected chi connectivity index (χ2v) is 11.9. The van der Waals surface area contributed by atoms with Gasteiger partial charge in [-0.3, -0.25) is 4.79 Å². The molecule has 2 aliphatic heterocycles. The Bertz CT molecular complexity index is 1120. The van der Waals surface area contributed by atoms with Crippen LogP contribution in [0.25, 0.3) is 4.85 Å². The van der Waals surface area contributed by atoms with Gasteiger partial charge in [0.15, 0.2) is 0 Å². The van der Waals surface area contributed by atoms with Crippen molar-refractivity contribution in [1.29, 1.82) is 0 Å². The van der Waals surface area contributed by atoms with E-state index in [0.29, 0.717) is 69.3 Å². The minimum atomic E-state index is -0.627. The van der Waals surface area contributed by atoms with Gasteiger partial charge in [0, 0.05) is 36.5 Å².